The van der Waals surface area contributed by atoms with E-state index in [9.17, 15) is 0 Å². The molecule has 0 saturated carbocycles. The molecule has 0 aliphatic carbocycles. The molecule has 3 nitrogen and oxygen atoms in total. The van der Waals surface area contributed by atoms with Crippen molar-refractivity contribution in [2.24, 2.45) is 11.8 Å². The number of hydrogen-bond acceptors (Lipinski definition) is 4. The van der Waals surface area contributed by atoms with Crippen molar-refractivity contribution < 1.29 is 0 Å². The minimum Gasteiger partial charge on any atom is -0.362 e. The van der Waals surface area contributed by atoms with E-state index in [-0.39, 0.29) is 0 Å². The fraction of sp³-hybridized carbons (Fsp3) is 0.800. The van der Waals surface area contributed by atoms with Crippen molar-refractivity contribution in [3.8, 4) is 0 Å². The van der Waals surface area contributed by atoms with Gasteiger partial charge in [0.15, 0.2) is 5.13 Å². The number of anilines is 1. The van der Waals surface area contributed by atoms with Gasteiger partial charge in [-0.3, -0.25) is 4.90 Å². The van der Waals surface area contributed by atoms with E-state index in [1.807, 2.05) is 17.5 Å². The Bertz CT molecular complexity index is 390. The van der Waals surface area contributed by atoms with Crippen LogP contribution in [0.15, 0.2) is 6.20 Å². The van der Waals surface area contributed by atoms with E-state index in [1.165, 1.54) is 17.8 Å². The lowest BCUT2D eigenvalue weighted by Crippen LogP contribution is -2.44. The second-order valence-electron chi connectivity index (χ2n) is 6.05. The lowest BCUT2D eigenvalue weighted by atomic mass is 9.86. The van der Waals surface area contributed by atoms with Gasteiger partial charge in [0.05, 0.1) is 0 Å². The van der Waals surface area contributed by atoms with Gasteiger partial charge >= 0.3 is 0 Å². The standard InChI is InChI=1S/C15H27N3S/c1-5-6-16-15-17-8-14(19-15)10-18-9-11(2)7-12(3)13(18)4/h8,11-13H,5-7,9-10H2,1-4H3,(H,16,17). The topological polar surface area (TPSA) is 28.2 Å². The Morgan fingerprint density at radius 2 is 2.21 bits per heavy atom. The van der Waals surface area contributed by atoms with E-state index in [0.29, 0.717) is 6.04 Å². The van der Waals surface area contributed by atoms with Crippen LogP contribution in [0.4, 0.5) is 5.13 Å². The third-order valence-electron chi connectivity index (χ3n) is 4.16. The smallest absolute Gasteiger partial charge is 0.182 e. The number of rotatable bonds is 5. The highest BCUT2D eigenvalue weighted by Gasteiger charge is 2.28. The molecule has 1 aromatic rings. The zero-order valence-corrected chi connectivity index (χ0v) is 13.5. The minimum atomic E-state index is 0.686. The zero-order valence-electron chi connectivity index (χ0n) is 12.6. The van der Waals surface area contributed by atoms with E-state index < -0.39 is 0 Å². The highest BCUT2D eigenvalue weighted by molar-refractivity contribution is 7.15. The Morgan fingerprint density at radius 1 is 1.42 bits per heavy atom. The maximum Gasteiger partial charge on any atom is 0.182 e. The maximum absolute atomic E-state index is 4.46. The summed E-state index contributed by atoms with van der Waals surface area (Å²) in [4.78, 5) is 8.47. The van der Waals surface area contributed by atoms with E-state index in [1.54, 1.807) is 0 Å². The predicted octanol–water partition coefficient (Wildman–Crippen LogP) is 3.83. The van der Waals surface area contributed by atoms with Gasteiger partial charge in [0.1, 0.15) is 0 Å². The van der Waals surface area contributed by atoms with Crippen LogP contribution in [0.5, 0.6) is 0 Å². The molecule has 1 aliphatic heterocycles. The summed E-state index contributed by atoms with van der Waals surface area (Å²) in [5.74, 6) is 1.62. The molecule has 0 aromatic carbocycles. The van der Waals surface area contributed by atoms with Gasteiger partial charge in [-0.15, -0.1) is 11.3 Å². The first-order chi connectivity index (χ1) is 9.10. The highest BCUT2D eigenvalue weighted by atomic mass is 32.1. The number of piperidine rings is 1. The second-order valence-corrected chi connectivity index (χ2v) is 7.16. The Labute approximate surface area is 121 Å². The van der Waals surface area contributed by atoms with Gasteiger partial charge in [0.25, 0.3) is 0 Å². The van der Waals surface area contributed by atoms with Gasteiger partial charge in [0, 0.05) is 36.8 Å². The number of nitrogens with zero attached hydrogens (tertiary/aromatic N) is 2. The van der Waals surface area contributed by atoms with Gasteiger partial charge in [0.2, 0.25) is 0 Å². The molecule has 3 unspecified atom stereocenters. The van der Waals surface area contributed by atoms with Crippen molar-refractivity contribution in [2.45, 2.75) is 53.1 Å². The summed E-state index contributed by atoms with van der Waals surface area (Å²) in [6, 6.07) is 0.686. The Kier molecular flexibility index (Phi) is 5.22. The van der Waals surface area contributed by atoms with Crippen molar-refractivity contribution in [3.63, 3.8) is 0 Å². The molecule has 1 saturated heterocycles. The first-order valence-corrected chi connectivity index (χ1v) is 8.34. The number of likely N-dealkylation sites (tertiary alicyclic amines) is 1. The summed E-state index contributed by atoms with van der Waals surface area (Å²) in [5.41, 5.74) is 0. The molecule has 2 rings (SSSR count). The first-order valence-electron chi connectivity index (χ1n) is 7.52. The van der Waals surface area contributed by atoms with Crippen LogP contribution in [0.25, 0.3) is 0 Å². The number of nitrogens with one attached hydrogen (secondary N) is 1. The van der Waals surface area contributed by atoms with Crippen LogP contribution in [0, 0.1) is 11.8 Å². The summed E-state index contributed by atoms with van der Waals surface area (Å²) in [6.07, 6.45) is 4.55. The van der Waals surface area contributed by atoms with Crippen molar-refractivity contribution in [2.75, 3.05) is 18.4 Å². The molecule has 1 aliphatic rings. The van der Waals surface area contributed by atoms with Crippen LogP contribution >= 0.6 is 11.3 Å². The van der Waals surface area contributed by atoms with E-state index in [2.05, 4.69) is 42.9 Å². The van der Waals surface area contributed by atoms with Crippen molar-refractivity contribution >= 4 is 16.5 Å². The molecule has 0 amide bonds. The Hall–Kier alpha value is -0.610. The molecule has 1 fully saturated rings. The molecule has 19 heavy (non-hydrogen) atoms. The van der Waals surface area contributed by atoms with Crippen LogP contribution in [-0.2, 0) is 6.54 Å². The van der Waals surface area contributed by atoms with Gasteiger partial charge in [-0.2, -0.15) is 0 Å². The molecule has 0 radical (unpaired) electrons. The van der Waals surface area contributed by atoms with Gasteiger partial charge in [-0.05, 0) is 31.6 Å². The third kappa shape index (κ3) is 3.93. The molecule has 0 spiro atoms. The predicted molar refractivity (Wildman–Crippen MR) is 83.7 cm³/mol. The van der Waals surface area contributed by atoms with Gasteiger partial charge in [-0.1, -0.05) is 20.8 Å². The van der Waals surface area contributed by atoms with Crippen LogP contribution in [0.3, 0.4) is 0 Å². The molecule has 3 atom stereocenters. The number of hydrogen-bond donors (Lipinski definition) is 1. The van der Waals surface area contributed by atoms with Gasteiger partial charge < -0.3 is 5.32 Å². The zero-order chi connectivity index (χ0) is 13.8. The summed E-state index contributed by atoms with van der Waals surface area (Å²) >= 11 is 1.81. The number of thiazole rings is 1. The fourth-order valence-corrected chi connectivity index (χ4v) is 3.80. The molecule has 108 valence electrons. The lowest BCUT2D eigenvalue weighted by Gasteiger charge is -2.40. The second kappa shape index (κ2) is 6.71. The lowest BCUT2D eigenvalue weighted by molar-refractivity contribution is 0.0738. The van der Waals surface area contributed by atoms with Crippen LogP contribution in [-0.4, -0.2) is 29.0 Å². The molecule has 1 aromatic heterocycles. The van der Waals surface area contributed by atoms with Gasteiger partial charge in [-0.25, -0.2) is 4.98 Å². The summed E-state index contributed by atoms with van der Waals surface area (Å²) in [6.45, 7) is 12.6. The quantitative estimate of drug-likeness (QED) is 0.889. The van der Waals surface area contributed by atoms with Crippen LogP contribution < -0.4 is 5.32 Å². The largest absolute Gasteiger partial charge is 0.362 e. The van der Waals surface area contributed by atoms with E-state index in [4.69, 9.17) is 0 Å². The third-order valence-corrected chi connectivity index (χ3v) is 5.10. The van der Waals surface area contributed by atoms with E-state index in [0.717, 1.165) is 36.5 Å². The number of aromatic nitrogens is 1. The molecule has 2 heterocycles. The Morgan fingerprint density at radius 3 is 2.95 bits per heavy atom. The van der Waals surface area contributed by atoms with Crippen LogP contribution in [0.2, 0.25) is 0 Å². The van der Waals surface area contributed by atoms with Crippen molar-refractivity contribution in [1.29, 1.82) is 0 Å². The van der Waals surface area contributed by atoms with E-state index >= 15 is 0 Å². The average molecular weight is 281 g/mol. The van der Waals surface area contributed by atoms with Crippen molar-refractivity contribution in [1.82, 2.24) is 9.88 Å². The SMILES string of the molecule is CCCNc1ncc(CN2CC(C)CC(C)C2C)s1. The molecule has 0 bridgehead atoms. The summed E-state index contributed by atoms with van der Waals surface area (Å²) in [5, 5.41) is 4.44. The maximum atomic E-state index is 4.46. The first kappa shape index (κ1) is 14.8. The molecule has 1 N–H and O–H groups in total. The fourth-order valence-electron chi connectivity index (χ4n) is 2.94. The normalized spacial score (nSPS) is 28.5. The Balaban J connectivity index is 1.94. The highest BCUT2D eigenvalue weighted by Crippen LogP contribution is 2.29. The summed E-state index contributed by atoms with van der Waals surface area (Å²) < 4.78 is 0. The monoisotopic (exact) mass is 281 g/mol. The van der Waals surface area contributed by atoms with Crippen LogP contribution in [0.1, 0.15) is 45.4 Å². The molecular formula is C15H27N3S. The molecular weight excluding hydrogens is 254 g/mol. The molecule has 4 heteroatoms. The summed E-state index contributed by atoms with van der Waals surface area (Å²) in [7, 11) is 0. The minimum absolute atomic E-state index is 0.686. The average Bonchev–Trinajstić information content (AvgIpc) is 2.80. The van der Waals surface area contributed by atoms with Crippen molar-refractivity contribution in [3.05, 3.63) is 11.1 Å².